The molecule has 1 unspecified atom stereocenters. The molecule has 0 amide bonds. The van der Waals surface area contributed by atoms with Crippen LogP contribution in [0.5, 0.6) is 0 Å². The van der Waals surface area contributed by atoms with Crippen LogP contribution in [0.15, 0.2) is 35.1 Å². The van der Waals surface area contributed by atoms with E-state index < -0.39 is 0 Å². The van der Waals surface area contributed by atoms with Crippen LogP contribution in [0.2, 0.25) is 0 Å². The van der Waals surface area contributed by atoms with Crippen LogP contribution in [0.3, 0.4) is 0 Å². The van der Waals surface area contributed by atoms with E-state index in [1.807, 2.05) is 6.92 Å². The Balaban J connectivity index is 1.59. The van der Waals surface area contributed by atoms with E-state index in [9.17, 15) is 0 Å². The largest absolute Gasteiger partial charge is 0.379 e. The summed E-state index contributed by atoms with van der Waals surface area (Å²) >= 11 is 0. The summed E-state index contributed by atoms with van der Waals surface area (Å²) in [6.45, 7) is 8.13. The van der Waals surface area contributed by atoms with Gasteiger partial charge in [0.15, 0.2) is 0 Å². The lowest BCUT2D eigenvalue weighted by Gasteiger charge is -2.35. The van der Waals surface area contributed by atoms with Gasteiger partial charge in [0.1, 0.15) is 17.5 Å². The molecule has 1 aromatic carbocycles. The van der Waals surface area contributed by atoms with E-state index in [0.29, 0.717) is 5.71 Å². The van der Waals surface area contributed by atoms with Crippen molar-refractivity contribution in [3.05, 3.63) is 47.4 Å². The number of benzene rings is 1. The Labute approximate surface area is 152 Å². The van der Waals surface area contributed by atoms with Crippen LogP contribution in [0.25, 0.3) is 11.1 Å². The maximum Gasteiger partial charge on any atom is 0.263 e. The fourth-order valence-electron chi connectivity index (χ4n) is 3.38. The molecule has 1 saturated heterocycles. The number of nitrogens with one attached hydrogen (secondary N) is 1. The van der Waals surface area contributed by atoms with Gasteiger partial charge in [0.05, 0.1) is 24.9 Å². The molecule has 1 aliphatic heterocycles. The van der Waals surface area contributed by atoms with Gasteiger partial charge in [-0.05, 0) is 19.4 Å². The third kappa shape index (κ3) is 3.40. The van der Waals surface area contributed by atoms with Gasteiger partial charge in [0, 0.05) is 19.6 Å². The summed E-state index contributed by atoms with van der Waals surface area (Å²) < 4.78 is 10.8. The van der Waals surface area contributed by atoms with E-state index in [1.54, 1.807) is 0 Å². The minimum Gasteiger partial charge on any atom is -0.379 e. The molecule has 3 heterocycles. The number of hydrogen-bond acceptors (Lipinski definition) is 7. The summed E-state index contributed by atoms with van der Waals surface area (Å²) in [6.07, 6.45) is 1.50. The van der Waals surface area contributed by atoms with Crippen molar-refractivity contribution >= 4 is 16.9 Å². The highest BCUT2D eigenvalue weighted by atomic mass is 16.5. The van der Waals surface area contributed by atoms with Gasteiger partial charge in [-0.1, -0.05) is 35.0 Å². The van der Waals surface area contributed by atoms with Crippen molar-refractivity contribution in [2.45, 2.75) is 19.9 Å². The van der Waals surface area contributed by atoms with Crippen LogP contribution in [0.1, 0.15) is 22.9 Å². The number of rotatable bonds is 5. The van der Waals surface area contributed by atoms with E-state index in [2.05, 4.69) is 56.5 Å². The van der Waals surface area contributed by atoms with Crippen LogP contribution in [-0.2, 0) is 4.74 Å². The summed E-state index contributed by atoms with van der Waals surface area (Å²) in [6, 6.07) is 8.98. The second-order valence-electron chi connectivity index (χ2n) is 6.63. The van der Waals surface area contributed by atoms with Crippen LogP contribution in [-0.4, -0.2) is 52.9 Å². The summed E-state index contributed by atoms with van der Waals surface area (Å²) in [5.41, 5.74) is 3.86. The number of anilines is 1. The number of morpholine rings is 1. The zero-order valence-electron chi connectivity index (χ0n) is 15.1. The number of fused-ring (bicyclic) bond motifs is 1. The average molecular weight is 353 g/mol. The molecule has 0 radical (unpaired) electrons. The molecule has 0 saturated carbocycles. The molecule has 0 spiro atoms. The molecule has 3 aromatic rings. The number of aryl methyl sites for hydroxylation is 2. The summed E-state index contributed by atoms with van der Waals surface area (Å²) in [5.74, 6) is 0.763. The zero-order chi connectivity index (χ0) is 17.9. The minimum absolute atomic E-state index is 0.240. The molecular formula is C19H23N5O2. The fourth-order valence-corrected chi connectivity index (χ4v) is 3.38. The molecule has 0 aliphatic carbocycles. The number of hydrogen-bond donors (Lipinski definition) is 1. The molecule has 136 valence electrons. The maximum absolute atomic E-state index is 5.53. The second-order valence-corrected chi connectivity index (χ2v) is 6.63. The highest BCUT2D eigenvalue weighted by Gasteiger charge is 2.23. The zero-order valence-corrected chi connectivity index (χ0v) is 15.1. The minimum atomic E-state index is 0.240. The molecule has 1 fully saturated rings. The van der Waals surface area contributed by atoms with Crippen LogP contribution in [0, 0.1) is 13.8 Å². The molecule has 7 heteroatoms. The standard InChI is InChI=1S/C19H23N5O2/c1-13-3-5-15(6-4-13)16(24-7-9-25-10-8-24)11-20-18-17-14(2)23-26-19(17)22-12-21-18/h3-6,12,16H,7-11H2,1-2H3,(H,20,21,22). The van der Waals surface area contributed by atoms with E-state index in [-0.39, 0.29) is 6.04 Å². The molecule has 7 nitrogen and oxygen atoms in total. The van der Waals surface area contributed by atoms with Crippen molar-refractivity contribution < 1.29 is 9.26 Å². The Morgan fingerprint density at radius 3 is 2.65 bits per heavy atom. The van der Waals surface area contributed by atoms with Gasteiger partial charge in [-0.2, -0.15) is 4.98 Å². The Morgan fingerprint density at radius 2 is 1.88 bits per heavy atom. The molecule has 26 heavy (non-hydrogen) atoms. The second kappa shape index (κ2) is 7.39. The van der Waals surface area contributed by atoms with Crippen LogP contribution < -0.4 is 5.32 Å². The quantitative estimate of drug-likeness (QED) is 0.756. The lowest BCUT2D eigenvalue weighted by atomic mass is 10.0. The van der Waals surface area contributed by atoms with Gasteiger partial charge in [0.2, 0.25) is 0 Å². The van der Waals surface area contributed by atoms with Gasteiger partial charge in [-0.3, -0.25) is 4.90 Å². The van der Waals surface area contributed by atoms with Crippen molar-refractivity contribution in [2.75, 3.05) is 38.2 Å². The average Bonchev–Trinajstić information content (AvgIpc) is 3.06. The van der Waals surface area contributed by atoms with Crippen molar-refractivity contribution in [1.82, 2.24) is 20.0 Å². The predicted octanol–water partition coefficient (Wildman–Crippen LogP) is 2.72. The Morgan fingerprint density at radius 1 is 1.12 bits per heavy atom. The fraction of sp³-hybridized carbons (Fsp3) is 0.421. The first-order chi connectivity index (χ1) is 12.7. The first kappa shape index (κ1) is 16.9. The van der Waals surface area contributed by atoms with E-state index in [0.717, 1.165) is 49.7 Å². The molecular weight excluding hydrogens is 330 g/mol. The van der Waals surface area contributed by atoms with Crippen molar-refractivity contribution in [2.24, 2.45) is 0 Å². The first-order valence-electron chi connectivity index (χ1n) is 8.91. The van der Waals surface area contributed by atoms with Gasteiger partial charge in [0.25, 0.3) is 5.71 Å². The molecule has 0 bridgehead atoms. The lowest BCUT2D eigenvalue weighted by molar-refractivity contribution is 0.0187. The monoisotopic (exact) mass is 353 g/mol. The molecule has 1 aliphatic rings. The molecule has 1 N–H and O–H groups in total. The Hall–Kier alpha value is -2.51. The third-order valence-electron chi connectivity index (χ3n) is 4.85. The number of aromatic nitrogens is 3. The smallest absolute Gasteiger partial charge is 0.263 e. The molecule has 1 atom stereocenters. The van der Waals surface area contributed by atoms with E-state index in [1.165, 1.54) is 17.5 Å². The first-order valence-corrected chi connectivity index (χ1v) is 8.91. The molecule has 2 aromatic heterocycles. The third-order valence-corrected chi connectivity index (χ3v) is 4.85. The van der Waals surface area contributed by atoms with Gasteiger partial charge < -0.3 is 14.6 Å². The van der Waals surface area contributed by atoms with Gasteiger partial charge in [-0.15, -0.1) is 0 Å². The molecule has 4 rings (SSSR count). The highest BCUT2D eigenvalue weighted by Crippen LogP contribution is 2.26. The van der Waals surface area contributed by atoms with Crippen LogP contribution >= 0.6 is 0 Å². The van der Waals surface area contributed by atoms with Gasteiger partial charge in [-0.25, -0.2) is 4.98 Å². The van der Waals surface area contributed by atoms with Crippen molar-refractivity contribution in [3.63, 3.8) is 0 Å². The number of ether oxygens (including phenoxy) is 1. The predicted molar refractivity (Wildman–Crippen MR) is 99.1 cm³/mol. The van der Waals surface area contributed by atoms with Crippen molar-refractivity contribution in [1.29, 1.82) is 0 Å². The summed E-state index contributed by atoms with van der Waals surface area (Å²) in [4.78, 5) is 11.0. The Bertz CT molecular complexity index is 871. The van der Waals surface area contributed by atoms with Crippen LogP contribution in [0.4, 0.5) is 5.82 Å². The van der Waals surface area contributed by atoms with Crippen molar-refractivity contribution in [3.8, 4) is 0 Å². The Kier molecular flexibility index (Phi) is 4.81. The SMILES string of the molecule is Cc1ccc(C(CNc2ncnc3onc(C)c23)N2CCOCC2)cc1. The lowest BCUT2D eigenvalue weighted by Crippen LogP contribution is -2.41. The van der Waals surface area contributed by atoms with E-state index >= 15 is 0 Å². The maximum atomic E-state index is 5.53. The summed E-state index contributed by atoms with van der Waals surface area (Å²) in [7, 11) is 0. The highest BCUT2D eigenvalue weighted by molar-refractivity contribution is 5.87. The summed E-state index contributed by atoms with van der Waals surface area (Å²) in [5, 5.41) is 8.33. The normalized spacial score (nSPS) is 16.7. The van der Waals surface area contributed by atoms with Gasteiger partial charge >= 0.3 is 0 Å². The topological polar surface area (TPSA) is 76.3 Å². The number of nitrogens with zero attached hydrogens (tertiary/aromatic N) is 4. The van der Waals surface area contributed by atoms with E-state index in [4.69, 9.17) is 9.26 Å².